The number of hydrogen-bond acceptors (Lipinski definition) is 3. The molecule has 0 aliphatic heterocycles. The fourth-order valence-electron chi connectivity index (χ4n) is 2.14. The van der Waals surface area contributed by atoms with Gasteiger partial charge in [-0.25, -0.2) is 9.97 Å². The van der Waals surface area contributed by atoms with Crippen LogP contribution in [0.3, 0.4) is 0 Å². The summed E-state index contributed by atoms with van der Waals surface area (Å²) in [6.45, 7) is 3.86. The molecule has 0 saturated heterocycles. The molecule has 2 heterocycles. The average molecular weight is 280 g/mol. The Bertz CT molecular complexity index is 790. The van der Waals surface area contributed by atoms with Gasteiger partial charge < -0.3 is 5.32 Å². The van der Waals surface area contributed by atoms with E-state index < -0.39 is 0 Å². The van der Waals surface area contributed by atoms with Gasteiger partial charge in [-0.15, -0.1) is 0 Å². The minimum atomic E-state index is -0.0472. The highest BCUT2D eigenvalue weighted by Crippen LogP contribution is 2.28. The summed E-state index contributed by atoms with van der Waals surface area (Å²) in [4.78, 5) is 20.6. The number of benzene rings is 1. The van der Waals surface area contributed by atoms with E-state index >= 15 is 0 Å². The molecule has 106 valence electrons. The minimum absolute atomic E-state index is 0.0472. The second kappa shape index (κ2) is 5.36. The van der Waals surface area contributed by atoms with Gasteiger partial charge in [0.25, 0.3) is 0 Å². The van der Waals surface area contributed by atoms with E-state index in [9.17, 15) is 4.79 Å². The van der Waals surface area contributed by atoms with E-state index in [1.54, 1.807) is 10.6 Å². The first-order chi connectivity index (χ1) is 10.2. The summed E-state index contributed by atoms with van der Waals surface area (Å²) in [6, 6.07) is 9.86. The van der Waals surface area contributed by atoms with Gasteiger partial charge in [0.1, 0.15) is 11.5 Å². The van der Waals surface area contributed by atoms with Crippen molar-refractivity contribution in [1.82, 2.24) is 14.4 Å². The molecule has 1 N–H and O–H groups in total. The van der Waals surface area contributed by atoms with Gasteiger partial charge in [-0.2, -0.15) is 0 Å². The number of nitrogens with zero attached hydrogens (tertiary/aromatic N) is 3. The van der Waals surface area contributed by atoms with Gasteiger partial charge in [0, 0.05) is 24.4 Å². The van der Waals surface area contributed by atoms with Crippen LogP contribution in [0.1, 0.15) is 18.9 Å². The molecule has 3 rings (SSSR count). The zero-order valence-corrected chi connectivity index (χ0v) is 12.0. The number of hydrogen-bond donors (Lipinski definition) is 1. The molecule has 0 radical (unpaired) electrons. The zero-order valence-electron chi connectivity index (χ0n) is 12.0. The lowest BCUT2D eigenvalue weighted by Gasteiger charge is -2.06. The van der Waals surface area contributed by atoms with E-state index in [0.717, 1.165) is 11.3 Å². The Morgan fingerprint density at radius 3 is 2.76 bits per heavy atom. The van der Waals surface area contributed by atoms with Crippen molar-refractivity contribution in [3.05, 3.63) is 48.3 Å². The Balaban J connectivity index is 2.18. The monoisotopic (exact) mass is 280 g/mol. The third-order valence-electron chi connectivity index (χ3n) is 3.31. The number of anilines is 1. The number of fused-ring (bicyclic) bond motifs is 1. The van der Waals surface area contributed by atoms with E-state index in [-0.39, 0.29) is 5.91 Å². The van der Waals surface area contributed by atoms with Crippen LogP contribution >= 0.6 is 0 Å². The van der Waals surface area contributed by atoms with Crippen LogP contribution in [0.15, 0.2) is 42.7 Å². The van der Waals surface area contributed by atoms with Crippen molar-refractivity contribution < 1.29 is 4.79 Å². The molecule has 0 aliphatic rings. The number of imidazole rings is 1. The SMILES string of the molecule is CCC(=O)Nc1c(-c2ccc(C)cc2)nc2ncccn12. The summed E-state index contributed by atoms with van der Waals surface area (Å²) in [5.74, 6) is 1.18. The van der Waals surface area contributed by atoms with Crippen molar-refractivity contribution in [3.8, 4) is 11.3 Å². The maximum Gasteiger partial charge on any atom is 0.235 e. The van der Waals surface area contributed by atoms with Crippen LogP contribution in [0.4, 0.5) is 5.82 Å². The van der Waals surface area contributed by atoms with Gasteiger partial charge in [-0.05, 0) is 13.0 Å². The Kier molecular flexibility index (Phi) is 3.39. The largest absolute Gasteiger partial charge is 0.310 e. The van der Waals surface area contributed by atoms with Crippen LogP contribution in [-0.4, -0.2) is 20.3 Å². The van der Waals surface area contributed by atoms with Gasteiger partial charge in [-0.3, -0.25) is 9.20 Å². The van der Waals surface area contributed by atoms with Crippen LogP contribution in [0, 0.1) is 6.92 Å². The van der Waals surface area contributed by atoms with Crippen LogP contribution in [0.5, 0.6) is 0 Å². The van der Waals surface area contributed by atoms with Crippen molar-refractivity contribution in [2.24, 2.45) is 0 Å². The number of aromatic nitrogens is 3. The van der Waals surface area contributed by atoms with Crippen LogP contribution in [0.2, 0.25) is 0 Å². The van der Waals surface area contributed by atoms with Gasteiger partial charge in [-0.1, -0.05) is 36.8 Å². The highest BCUT2D eigenvalue weighted by molar-refractivity contribution is 5.94. The molecule has 2 aromatic heterocycles. The van der Waals surface area contributed by atoms with E-state index in [0.29, 0.717) is 18.0 Å². The van der Waals surface area contributed by atoms with Crippen LogP contribution < -0.4 is 5.32 Å². The third kappa shape index (κ3) is 2.50. The molecule has 0 aliphatic carbocycles. The predicted octanol–water partition coefficient (Wildman–Crippen LogP) is 3.05. The summed E-state index contributed by atoms with van der Waals surface area (Å²) in [5.41, 5.74) is 2.87. The van der Waals surface area contributed by atoms with Crippen LogP contribution in [-0.2, 0) is 4.79 Å². The maximum absolute atomic E-state index is 11.8. The molecular formula is C16H16N4O. The second-order valence-electron chi connectivity index (χ2n) is 4.87. The first-order valence-corrected chi connectivity index (χ1v) is 6.89. The van der Waals surface area contributed by atoms with E-state index in [1.165, 1.54) is 5.56 Å². The molecule has 3 aromatic rings. The Morgan fingerprint density at radius 1 is 1.29 bits per heavy atom. The summed E-state index contributed by atoms with van der Waals surface area (Å²) in [5, 5.41) is 2.92. The second-order valence-corrected chi connectivity index (χ2v) is 4.87. The third-order valence-corrected chi connectivity index (χ3v) is 3.31. The maximum atomic E-state index is 11.8. The van der Waals surface area contributed by atoms with Gasteiger partial charge in [0.15, 0.2) is 0 Å². The lowest BCUT2D eigenvalue weighted by molar-refractivity contribution is -0.115. The van der Waals surface area contributed by atoms with Crippen molar-refractivity contribution in [2.75, 3.05) is 5.32 Å². The summed E-state index contributed by atoms with van der Waals surface area (Å²) < 4.78 is 1.79. The normalized spacial score (nSPS) is 10.8. The number of amides is 1. The smallest absolute Gasteiger partial charge is 0.235 e. The Labute approximate surface area is 122 Å². The fourth-order valence-corrected chi connectivity index (χ4v) is 2.14. The zero-order chi connectivity index (χ0) is 14.8. The van der Waals surface area contributed by atoms with E-state index in [2.05, 4.69) is 15.3 Å². The fraction of sp³-hybridized carbons (Fsp3) is 0.188. The van der Waals surface area contributed by atoms with Crippen molar-refractivity contribution in [3.63, 3.8) is 0 Å². The summed E-state index contributed by atoms with van der Waals surface area (Å²) >= 11 is 0. The molecule has 0 bridgehead atoms. The van der Waals surface area contributed by atoms with Crippen molar-refractivity contribution in [2.45, 2.75) is 20.3 Å². The summed E-state index contributed by atoms with van der Waals surface area (Å²) in [6.07, 6.45) is 3.95. The number of nitrogens with one attached hydrogen (secondary N) is 1. The average Bonchev–Trinajstić information content (AvgIpc) is 2.87. The number of aryl methyl sites for hydroxylation is 1. The molecule has 0 saturated carbocycles. The molecule has 1 aromatic carbocycles. The highest BCUT2D eigenvalue weighted by Gasteiger charge is 2.16. The van der Waals surface area contributed by atoms with E-state index in [1.807, 2.05) is 50.4 Å². The van der Waals surface area contributed by atoms with E-state index in [4.69, 9.17) is 0 Å². The van der Waals surface area contributed by atoms with Crippen LogP contribution in [0.25, 0.3) is 17.0 Å². The summed E-state index contributed by atoms with van der Waals surface area (Å²) in [7, 11) is 0. The van der Waals surface area contributed by atoms with Crippen molar-refractivity contribution in [1.29, 1.82) is 0 Å². The quantitative estimate of drug-likeness (QED) is 0.802. The molecule has 21 heavy (non-hydrogen) atoms. The topological polar surface area (TPSA) is 59.3 Å². The molecule has 1 amide bonds. The highest BCUT2D eigenvalue weighted by atomic mass is 16.1. The Morgan fingerprint density at radius 2 is 2.05 bits per heavy atom. The first-order valence-electron chi connectivity index (χ1n) is 6.89. The van der Waals surface area contributed by atoms with Crippen molar-refractivity contribution >= 4 is 17.5 Å². The lowest BCUT2D eigenvalue weighted by Crippen LogP contribution is -2.12. The predicted molar refractivity (Wildman–Crippen MR) is 82.1 cm³/mol. The molecule has 0 unspecified atom stereocenters. The molecule has 5 nitrogen and oxygen atoms in total. The minimum Gasteiger partial charge on any atom is -0.310 e. The van der Waals surface area contributed by atoms with Gasteiger partial charge in [0.05, 0.1) is 0 Å². The number of carbonyl (C=O) groups excluding carboxylic acids is 1. The lowest BCUT2D eigenvalue weighted by atomic mass is 10.1. The molecule has 0 atom stereocenters. The van der Waals surface area contributed by atoms with Gasteiger partial charge in [0.2, 0.25) is 11.7 Å². The first kappa shape index (κ1) is 13.3. The molecule has 0 fully saturated rings. The number of carbonyl (C=O) groups is 1. The number of rotatable bonds is 3. The standard InChI is InChI=1S/C16H16N4O/c1-3-13(21)18-15-14(12-7-5-11(2)6-8-12)19-16-17-9-4-10-20(15)16/h4-10H,3H2,1-2H3,(H,18,21). The molecule has 5 heteroatoms. The molecule has 0 spiro atoms. The van der Waals surface area contributed by atoms with Gasteiger partial charge >= 0.3 is 0 Å². The molecular weight excluding hydrogens is 264 g/mol. The Hall–Kier alpha value is -2.69.